The Bertz CT molecular complexity index is 2340. The minimum atomic E-state index is -0.276. The lowest BCUT2D eigenvalue weighted by molar-refractivity contribution is -0.123. The highest BCUT2D eigenvalue weighted by Gasteiger charge is 2.19. The van der Waals surface area contributed by atoms with Crippen LogP contribution >= 0.6 is 0 Å². The lowest BCUT2D eigenvalue weighted by Gasteiger charge is -2.24. The first-order valence-corrected chi connectivity index (χ1v) is 38.1. The molecular formula is C67H137N27O13. The second-order valence-electron chi connectivity index (χ2n) is 25.2. The van der Waals surface area contributed by atoms with Gasteiger partial charge in [0, 0.05) is 339 Å². The van der Waals surface area contributed by atoms with E-state index in [-0.39, 0.29) is 252 Å². The highest BCUT2D eigenvalue weighted by Crippen LogP contribution is 2.03. The molecule has 0 aromatic rings. The largest absolute Gasteiger partial charge is 0.355 e. The van der Waals surface area contributed by atoms with Crippen LogP contribution in [0.5, 0.6) is 0 Å². The molecule has 0 aliphatic carbocycles. The normalized spacial score (nSPS) is 11.2. The van der Waals surface area contributed by atoms with Crippen LogP contribution in [0.4, 0.5) is 0 Å². The van der Waals surface area contributed by atoms with Crippen LogP contribution in [0.1, 0.15) is 90.4 Å². The molecule has 0 bridgehead atoms. The Morgan fingerprint density at radius 3 is 0.495 bits per heavy atom. The summed E-state index contributed by atoms with van der Waals surface area (Å²) in [6, 6.07) is 0. The zero-order chi connectivity index (χ0) is 79.3. The lowest BCUT2D eigenvalue weighted by atomic mass is 10.2. The van der Waals surface area contributed by atoms with Gasteiger partial charge >= 0.3 is 0 Å². The molecule has 0 aliphatic rings. The van der Waals surface area contributed by atoms with Crippen LogP contribution in [0.15, 0.2) is 0 Å². The van der Waals surface area contributed by atoms with E-state index in [9.17, 15) is 62.3 Å². The molecule has 0 aliphatic heterocycles. The Kier molecular flexibility index (Phi) is 64.2. The van der Waals surface area contributed by atoms with Crippen molar-refractivity contribution >= 4 is 76.8 Å². The third-order valence-corrected chi connectivity index (χ3v) is 16.5. The van der Waals surface area contributed by atoms with Gasteiger partial charge in [0.25, 0.3) is 0 Å². The summed E-state index contributed by atoms with van der Waals surface area (Å²) in [5.74, 6) is -2.79. The number of carbonyl (C=O) groups excluding carboxylic acids is 13. The maximum Gasteiger partial charge on any atom is 0.221 e. The van der Waals surface area contributed by atoms with E-state index in [1.54, 1.807) is 0 Å². The minimum Gasteiger partial charge on any atom is -0.355 e. The zero-order valence-corrected chi connectivity index (χ0v) is 64.0. The highest BCUT2D eigenvalue weighted by atomic mass is 16.2. The van der Waals surface area contributed by atoms with E-state index in [0.29, 0.717) is 170 Å². The fraction of sp³-hybridized carbons (Fsp3) is 0.806. The third-order valence-electron chi connectivity index (χ3n) is 16.5. The van der Waals surface area contributed by atoms with Crippen molar-refractivity contribution in [1.82, 2.24) is 104 Å². The second-order valence-corrected chi connectivity index (χ2v) is 25.2. The van der Waals surface area contributed by atoms with Crippen LogP contribution in [-0.4, -0.2) is 368 Å². The van der Waals surface area contributed by atoms with Crippen molar-refractivity contribution in [3.05, 3.63) is 0 Å². The predicted molar refractivity (Wildman–Crippen MR) is 410 cm³/mol. The van der Waals surface area contributed by atoms with Crippen molar-refractivity contribution < 1.29 is 62.3 Å². The Morgan fingerprint density at radius 1 is 0.178 bits per heavy atom. The molecule has 107 heavy (non-hydrogen) atoms. The number of nitrogens with zero attached hydrogens (tertiary/aromatic N) is 6. The summed E-state index contributed by atoms with van der Waals surface area (Å²) in [5, 5.41) is 39.7. The summed E-state index contributed by atoms with van der Waals surface area (Å²) >= 11 is 0. The topological polar surface area (TPSA) is 592 Å². The van der Waals surface area contributed by atoms with E-state index < -0.39 is 0 Å². The molecule has 0 aromatic heterocycles. The van der Waals surface area contributed by atoms with Gasteiger partial charge in [0.1, 0.15) is 0 Å². The zero-order valence-electron chi connectivity index (χ0n) is 64.0. The Balaban J connectivity index is 5.90. The van der Waals surface area contributed by atoms with E-state index in [0.717, 1.165) is 0 Å². The minimum absolute atomic E-state index is 0.0473. The molecule has 0 atom stereocenters. The number of amides is 13. The lowest BCUT2D eigenvalue weighted by Crippen LogP contribution is -2.42. The molecule has 13 amide bonds. The standard InChI is InChI=1S/C67H137N27O13/c1-2-89(38-4-63(103)84-33-50-93(46-12-62(102)83-32-31-75-23-3-55(95)76-24-16-68)47-13-65(105)86-35-52-90(40-6-56(96)77-25-17-69)41-7-57(97)78-26-18-70)39-5-64(104)85-34-51-94(48-14-66(106)87-36-53-91(42-8-58(98)79-27-19-71)43-9-59(99)80-28-20-72)49-15-67(107)88-37-54-92(44-10-60(100)81-29-21-73)45-11-61(101)82-30-22-74/h75H,2-54,68-74H2,1H3,(H,76,95)(H,77,96)(H,78,97)(H,79,98)(H,80,99)(H,81,100)(H,82,101)(H,83,102)(H,84,103)(H,85,104)(H,86,105)(H,87,106)(H,88,107). The van der Waals surface area contributed by atoms with Crippen LogP contribution in [0.2, 0.25) is 0 Å². The van der Waals surface area contributed by atoms with Gasteiger partial charge in [0.15, 0.2) is 0 Å². The maximum absolute atomic E-state index is 13.4. The Hall–Kier alpha value is -7.45. The number of rotatable bonds is 72. The van der Waals surface area contributed by atoms with Gasteiger partial charge in [-0.25, -0.2) is 0 Å². The third kappa shape index (κ3) is 62.2. The van der Waals surface area contributed by atoms with Gasteiger partial charge in [0.2, 0.25) is 76.8 Å². The first-order valence-electron chi connectivity index (χ1n) is 38.1. The Morgan fingerprint density at radius 2 is 0.327 bits per heavy atom. The number of nitrogens with two attached hydrogens (primary N) is 7. The van der Waals surface area contributed by atoms with Crippen molar-refractivity contribution in [2.45, 2.75) is 90.4 Å². The summed E-state index contributed by atoms with van der Waals surface area (Å²) < 4.78 is 0. The fourth-order valence-corrected chi connectivity index (χ4v) is 10.2. The molecule has 40 nitrogen and oxygen atoms in total. The van der Waals surface area contributed by atoms with Gasteiger partial charge in [-0.2, -0.15) is 0 Å². The van der Waals surface area contributed by atoms with Crippen LogP contribution in [0.25, 0.3) is 0 Å². The molecule has 0 radical (unpaired) electrons. The molecule has 28 N–H and O–H groups in total. The van der Waals surface area contributed by atoms with Crippen molar-refractivity contribution in [3.8, 4) is 0 Å². The smallest absolute Gasteiger partial charge is 0.221 e. The van der Waals surface area contributed by atoms with Gasteiger partial charge in [-0.1, -0.05) is 6.92 Å². The first kappa shape index (κ1) is 99.6. The predicted octanol–water partition coefficient (Wildman–Crippen LogP) is -11.3. The second kappa shape index (κ2) is 69.0. The van der Waals surface area contributed by atoms with Gasteiger partial charge in [-0.05, 0) is 6.54 Å². The van der Waals surface area contributed by atoms with E-state index in [2.05, 4.69) is 74.4 Å². The molecule has 0 unspecified atom stereocenters. The first-order chi connectivity index (χ1) is 51.6. The maximum atomic E-state index is 13.4. The quantitative estimate of drug-likeness (QED) is 0.0251. The summed E-state index contributed by atoms with van der Waals surface area (Å²) in [4.78, 5) is 177. The van der Waals surface area contributed by atoms with Crippen LogP contribution in [0, 0.1) is 0 Å². The van der Waals surface area contributed by atoms with E-state index in [1.165, 1.54) is 0 Å². The van der Waals surface area contributed by atoms with Gasteiger partial charge in [-0.15, -0.1) is 0 Å². The van der Waals surface area contributed by atoms with Crippen molar-refractivity contribution in [2.75, 3.05) is 262 Å². The molecule has 0 spiro atoms. The fourth-order valence-electron chi connectivity index (χ4n) is 10.2. The average molecular weight is 1530 g/mol. The molecule has 0 aromatic carbocycles. The van der Waals surface area contributed by atoms with Crippen molar-refractivity contribution in [3.63, 3.8) is 0 Å². The van der Waals surface area contributed by atoms with E-state index in [1.807, 2.05) is 36.3 Å². The number of hydrogen-bond donors (Lipinski definition) is 21. The molecule has 0 saturated carbocycles. The summed E-state index contributed by atoms with van der Waals surface area (Å²) in [5.41, 5.74) is 38.6. The molecule has 0 heterocycles. The van der Waals surface area contributed by atoms with Crippen LogP contribution < -0.4 is 115 Å². The SMILES string of the molecule is CCN(CCC(=O)NCCN(CCC(=O)NCCNCCC(=O)NCCN)CCC(=O)NCCN(CCC(=O)NCCN)CCC(=O)NCCN)CCC(=O)NCCN(CCC(=O)NCCN(CCC(=O)NCCN)CCC(=O)NCCN)CCC(=O)NCCN(CCC(=O)NCCN)CCC(=O)NCCN. The molecular weight excluding hydrogens is 1390 g/mol. The van der Waals surface area contributed by atoms with Crippen LogP contribution in [0.3, 0.4) is 0 Å². The molecule has 0 rings (SSSR count). The van der Waals surface area contributed by atoms with Crippen molar-refractivity contribution in [2.24, 2.45) is 40.1 Å². The summed E-state index contributed by atoms with van der Waals surface area (Å²) in [7, 11) is 0. The molecule has 40 heteroatoms. The average Bonchev–Trinajstić information content (AvgIpc) is 1.06. The highest BCUT2D eigenvalue weighted by molar-refractivity contribution is 5.81. The van der Waals surface area contributed by atoms with E-state index in [4.69, 9.17) is 40.1 Å². The van der Waals surface area contributed by atoms with E-state index >= 15 is 0 Å². The number of hydrogen-bond acceptors (Lipinski definition) is 27. The summed E-state index contributed by atoms with van der Waals surface area (Å²) in [6.07, 6.45) is 1.76. The molecule has 0 saturated heterocycles. The van der Waals surface area contributed by atoms with Gasteiger partial charge in [-0.3, -0.25) is 62.3 Å². The Labute approximate surface area is 633 Å². The molecule has 618 valence electrons. The van der Waals surface area contributed by atoms with Crippen molar-refractivity contribution in [1.29, 1.82) is 0 Å². The number of nitrogens with one attached hydrogen (secondary N) is 14. The molecule has 0 fully saturated rings. The van der Waals surface area contributed by atoms with Crippen LogP contribution in [-0.2, 0) is 62.3 Å². The van der Waals surface area contributed by atoms with Gasteiger partial charge in [0.05, 0.1) is 0 Å². The van der Waals surface area contributed by atoms with Gasteiger partial charge < -0.3 is 144 Å². The number of carbonyl (C=O) groups is 13. The monoisotopic (exact) mass is 1530 g/mol. The summed E-state index contributed by atoms with van der Waals surface area (Å²) in [6.45, 7) is 14.6.